The van der Waals surface area contributed by atoms with Gasteiger partial charge in [0.1, 0.15) is 5.56 Å². The van der Waals surface area contributed by atoms with E-state index in [1.54, 1.807) is 24.6 Å². The minimum atomic E-state index is -0.570. The number of benzene rings is 2. The molecule has 7 heteroatoms. The maximum atomic E-state index is 12.5. The number of carbonyl (C=O) groups is 2. The van der Waals surface area contributed by atoms with Crippen LogP contribution in [0, 0.1) is 20.8 Å². The highest BCUT2D eigenvalue weighted by molar-refractivity contribution is 9.10. The molecule has 1 amide bonds. The van der Waals surface area contributed by atoms with Gasteiger partial charge in [0.05, 0.1) is 17.1 Å². The number of amides is 1. The first-order valence-corrected chi connectivity index (χ1v) is 9.51. The number of para-hydroxylation sites is 1. The third kappa shape index (κ3) is 4.31. The molecule has 6 nitrogen and oxygen atoms in total. The minimum Gasteiger partial charge on any atom is -0.452 e. The summed E-state index contributed by atoms with van der Waals surface area (Å²) in [7, 11) is 0. The van der Waals surface area contributed by atoms with Gasteiger partial charge in [-0.25, -0.2) is 9.48 Å². The fourth-order valence-corrected chi connectivity index (χ4v) is 3.39. The number of aryl methyl sites for hydroxylation is 2. The normalized spacial score (nSPS) is 10.6. The standard InChI is InChI=1S/C21H20BrN3O3/c1-13-11-16(22)9-10-18(13)23-19(26)12-28-21(27)20-14(2)24-25(15(20)3)17-7-5-4-6-8-17/h4-11H,12H2,1-3H3,(H,23,26). The molecule has 1 aromatic heterocycles. The Hall–Kier alpha value is -2.93. The van der Waals surface area contributed by atoms with Crippen molar-refractivity contribution >= 4 is 33.5 Å². The van der Waals surface area contributed by atoms with E-state index >= 15 is 0 Å². The molecule has 2 aromatic carbocycles. The Morgan fingerprint density at radius 3 is 2.50 bits per heavy atom. The molecular formula is C21H20BrN3O3. The molecule has 3 aromatic rings. The number of rotatable bonds is 5. The first-order chi connectivity index (χ1) is 13.4. The molecule has 1 heterocycles. The molecule has 0 fully saturated rings. The second kappa shape index (κ2) is 8.39. The number of hydrogen-bond acceptors (Lipinski definition) is 4. The van der Waals surface area contributed by atoms with Gasteiger partial charge < -0.3 is 10.1 Å². The Labute approximate surface area is 171 Å². The van der Waals surface area contributed by atoms with Crippen molar-refractivity contribution in [3.8, 4) is 5.69 Å². The van der Waals surface area contributed by atoms with Crippen molar-refractivity contribution in [3.05, 3.63) is 75.5 Å². The van der Waals surface area contributed by atoms with E-state index in [9.17, 15) is 9.59 Å². The van der Waals surface area contributed by atoms with Crippen LogP contribution in [-0.2, 0) is 9.53 Å². The van der Waals surface area contributed by atoms with Crippen LogP contribution in [0.3, 0.4) is 0 Å². The number of hydrogen-bond donors (Lipinski definition) is 1. The lowest BCUT2D eigenvalue weighted by Gasteiger charge is -2.09. The maximum absolute atomic E-state index is 12.5. The average Bonchev–Trinajstić information content (AvgIpc) is 2.97. The summed E-state index contributed by atoms with van der Waals surface area (Å²) >= 11 is 3.38. The van der Waals surface area contributed by atoms with Crippen LogP contribution < -0.4 is 5.32 Å². The van der Waals surface area contributed by atoms with Gasteiger partial charge in [-0.1, -0.05) is 34.1 Å². The Kier molecular flexibility index (Phi) is 5.94. The van der Waals surface area contributed by atoms with E-state index in [1.807, 2.05) is 49.4 Å². The van der Waals surface area contributed by atoms with Crippen LogP contribution in [0.1, 0.15) is 27.3 Å². The highest BCUT2D eigenvalue weighted by atomic mass is 79.9. The van der Waals surface area contributed by atoms with Crippen molar-refractivity contribution in [2.24, 2.45) is 0 Å². The lowest BCUT2D eigenvalue weighted by molar-refractivity contribution is -0.119. The molecule has 0 aliphatic carbocycles. The summed E-state index contributed by atoms with van der Waals surface area (Å²) in [4.78, 5) is 24.7. The van der Waals surface area contributed by atoms with Gasteiger partial charge in [-0.3, -0.25) is 4.79 Å². The monoisotopic (exact) mass is 441 g/mol. The van der Waals surface area contributed by atoms with Crippen LogP contribution in [0.2, 0.25) is 0 Å². The lowest BCUT2D eigenvalue weighted by atomic mass is 10.2. The second-order valence-corrected chi connectivity index (χ2v) is 7.29. The highest BCUT2D eigenvalue weighted by Gasteiger charge is 2.21. The van der Waals surface area contributed by atoms with Gasteiger partial charge in [0.15, 0.2) is 6.61 Å². The van der Waals surface area contributed by atoms with E-state index in [-0.39, 0.29) is 6.61 Å². The van der Waals surface area contributed by atoms with Gasteiger partial charge in [0, 0.05) is 10.2 Å². The SMILES string of the molecule is Cc1cc(Br)ccc1NC(=O)COC(=O)c1c(C)nn(-c2ccccc2)c1C. The average molecular weight is 442 g/mol. The zero-order valence-electron chi connectivity index (χ0n) is 15.8. The van der Waals surface area contributed by atoms with Crippen LogP contribution in [0.15, 0.2) is 53.0 Å². The van der Waals surface area contributed by atoms with Crippen LogP contribution >= 0.6 is 15.9 Å². The maximum Gasteiger partial charge on any atom is 0.342 e. The molecule has 0 spiro atoms. The molecule has 1 N–H and O–H groups in total. The molecular weight excluding hydrogens is 422 g/mol. The molecule has 0 aliphatic rings. The highest BCUT2D eigenvalue weighted by Crippen LogP contribution is 2.21. The zero-order chi connectivity index (χ0) is 20.3. The number of nitrogens with one attached hydrogen (secondary N) is 1. The van der Waals surface area contributed by atoms with E-state index in [1.165, 1.54) is 0 Å². The summed E-state index contributed by atoms with van der Waals surface area (Å²) in [5, 5.41) is 7.17. The molecule has 0 unspecified atom stereocenters. The predicted octanol–water partition coefficient (Wildman–Crippen LogP) is 4.36. The van der Waals surface area contributed by atoms with Gasteiger partial charge in [-0.15, -0.1) is 0 Å². The van der Waals surface area contributed by atoms with Crippen LogP contribution in [0.25, 0.3) is 5.69 Å². The first kappa shape index (κ1) is 19.8. The number of aromatic nitrogens is 2. The fraction of sp³-hybridized carbons (Fsp3) is 0.190. The van der Waals surface area contributed by atoms with Crippen molar-refractivity contribution in [1.82, 2.24) is 9.78 Å². The molecule has 144 valence electrons. The van der Waals surface area contributed by atoms with E-state index in [0.29, 0.717) is 22.6 Å². The summed E-state index contributed by atoms with van der Waals surface area (Å²) < 4.78 is 7.84. The van der Waals surface area contributed by atoms with Crippen LogP contribution in [0.4, 0.5) is 5.69 Å². The molecule has 3 rings (SSSR count). The Balaban J connectivity index is 1.68. The Morgan fingerprint density at radius 2 is 1.82 bits per heavy atom. The minimum absolute atomic E-state index is 0.371. The van der Waals surface area contributed by atoms with Crippen LogP contribution in [0.5, 0.6) is 0 Å². The van der Waals surface area contributed by atoms with E-state index in [2.05, 4.69) is 26.3 Å². The number of anilines is 1. The van der Waals surface area contributed by atoms with Crippen LogP contribution in [-0.4, -0.2) is 28.3 Å². The molecule has 0 saturated heterocycles. The smallest absolute Gasteiger partial charge is 0.342 e. The van der Waals surface area contributed by atoms with Crippen molar-refractivity contribution in [3.63, 3.8) is 0 Å². The van der Waals surface area contributed by atoms with Crippen molar-refractivity contribution in [2.75, 3.05) is 11.9 Å². The number of halogens is 1. The Morgan fingerprint density at radius 1 is 1.11 bits per heavy atom. The van der Waals surface area contributed by atoms with Gasteiger partial charge >= 0.3 is 5.97 Å². The van der Waals surface area contributed by atoms with Gasteiger partial charge in [0.25, 0.3) is 5.91 Å². The van der Waals surface area contributed by atoms with Crippen molar-refractivity contribution in [1.29, 1.82) is 0 Å². The summed E-state index contributed by atoms with van der Waals surface area (Å²) in [6.45, 7) is 5.06. The Bertz CT molecular complexity index is 1030. The summed E-state index contributed by atoms with van der Waals surface area (Å²) in [6.07, 6.45) is 0. The number of nitrogens with zero attached hydrogens (tertiary/aromatic N) is 2. The third-order valence-corrected chi connectivity index (χ3v) is 4.79. The van der Waals surface area contributed by atoms with Crippen molar-refractivity contribution < 1.29 is 14.3 Å². The number of esters is 1. The van der Waals surface area contributed by atoms with Gasteiger partial charge in [-0.05, 0) is 56.7 Å². The zero-order valence-corrected chi connectivity index (χ0v) is 17.4. The van der Waals surface area contributed by atoms with E-state index < -0.39 is 11.9 Å². The van der Waals surface area contributed by atoms with Gasteiger partial charge in [0.2, 0.25) is 0 Å². The van der Waals surface area contributed by atoms with E-state index in [4.69, 9.17) is 4.74 Å². The second-order valence-electron chi connectivity index (χ2n) is 6.38. The molecule has 0 radical (unpaired) electrons. The largest absolute Gasteiger partial charge is 0.452 e. The molecule has 0 bridgehead atoms. The number of carbonyl (C=O) groups excluding carboxylic acids is 2. The van der Waals surface area contributed by atoms with Gasteiger partial charge in [-0.2, -0.15) is 5.10 Å². The lowest BCUT2D eigenvalue weighted by Crippen LogP contribution is -2.21. The quantitative estimate of drug-likeness (QED) is 0.597. The number of ether oxygens (including phenoxy) is 1. The molecule has 0 aliphatic heterocycles. The molecule has 28 heavy (non-hydrogen) atoms. The molecule has 0 saturated carbocycles. The predicted molar refractivity (Wildman–Crippen MR) is 111 cm³/mol. The first-order valence-electron chi connectivity index (χ1n) is 8.71. The summed E-state index contributed by atoms with van der Waals surface area (Å²) in [6, 6.07) is 15.0. The van der Waals surface area contributed by atoms with E-state index in [0.717, 1.165) is 15.7 Å². The molecule has 0 atom stereocenters. The summed E-state index contributed by atoms with van der Waals surface area (Å²) in [5.74, 6) is -0.968. The topological polar surface area (TPSA) is 73.2 Å². The van der Waals surface area contributed by atoms with Crippen molar-refractivity contribution in [2.45, 2.75) is 20.8 Å². The summed E-state index contributed by atoms with van der Waals surface area (Å²) in [5.41, 5.74) is 4.02. The third-order valence-electron chi connectivity index (χ3n) is 4.29. The fourth-order valence-electron chi connectivity index (χ4n) is 2.92.